The Morgan fingerprint density at radius 1 is 1.00 bits per heavy atom. The zero-order valence-electron chi connectivity index (χ0n) is 18.1. The molecule has 1 aliphatic heterocycles. The quantitative estimate of drug-likeness (QED) is 0.410. The van der Waals surface area contributed by atoms with Crippen LogP contribution in [0.3, 0.4) is 0 Å². The molecule has 1 heterocycles. The summed E-state index contributed by atoms with van der Waals surface area (Å²) in [5.74, 6) is -1.80. The van der Waals surface area contributed by atoms with E-state index in [-0.39, 0.29) is 13.1 Å². The molecule has 0 saturated carbocycles. The number of nitrogens with one attached hydrogen (secondary N) is 1. The Morgan fingerprint density at radius 2 is 1.67 bits per heavy atom. The molecule has 4 rings (SSSR count). The molecule has 1 N–H and O–H groups in total. The van der Waals surface area contributed by atoms with E-state index in [9.17, 15) is 18.0 Å². The van der Waals surface area contributed by atoms with E-state index >= 15 is 0 Å². The molecule has 0 saturated heterocycles. The summed E-state index contributed by atoms with van der Waals surface area (Å²) in [6.45, 7) is 2.00. The van der Waals surface area contributed by atoms with Crippen molar-refractivity contribution in [3.8, 4) is 11.1 Å². The van der Waals surface area contributed by atoms with E-state index in [0.29, 0.717) is 17.0 Å². The zero-order chi connectivity index (χ0) is 24.2. The van der Waals surface area contributed by atoms with Gasteiger partial charge in [0.1, 0.15) is 0 Å². The first-order valence-electron chi connectivity index (χ1n) is 10.3. The minimum Gasteiger partial charge on any atom is -0.388 e. The van der Waals surface area contributed by atoms with E-state index in [1.165, 1.54) is 5.56 Å². The highest BCUT2D eigenvalue weighted by molar-refractivity contribution is 6.33. The van der Waals surface area contributed by atoms with Gasteiger partial charge in [-0.25, -0.2) is 0 Å². The number of rotatable bonds is 2. The number of amides is 1. The fourth-order valence-corrected chi connectivity index (χ4v) is 4.01. The van der Waals surface area contributed by atoms with Gasteiger partial charge in [-0.05, 0) is 60.4 Å². The van der Waals surface area contributed by atoms with E-state index in [1.807, 2.05) is 55.5 Å². The van der Waals surface area contributed by atoms with E-state index in [1.54, 1.807) is 19.2 Å². The van der Waals surface area contributed by atoms with Crippen molar-refractivity contribution in [2.24, 2.45) is 0 Å². The summed E-state index contributed by atoms with van der Waals surface area (Å²) in [5.41, 5.74) is 5.34. The lowest BCUT2D eigenvalue weighted by atomic mass is 9.90. The maximum Gasteiger partial charge on any atom is 0.471 e. The number of benzene rings is 3. The fourth-order valence-electron chi connectivity index (χ4n) is 3.65. The van der Waals surface area contributed by atoms with Gasteiger partial charge in [0.15, 0.2) is 0 Å². The van der Waals surface area contributed by atoms with Crippen LogP contribution in [0.25, 0.3) is 11.1 Å². The average Bonchev–Trinajstić information content (AvgIpc) is 2.79. The zero-order valence-corrected chi connectivity index (χ0v) is 19.7. The number of carbonyl (C=O) groups excluding carboxylic acids is 1. The summed E-state index contributed by atoms with van der Waals surface area (Å²) >= 11 is 11.9. The predicted octanol–water partition coefficient (Wildman–Crippen LogP) is 7.14. The van der Waals surface area contributed by atoms with Crippen LogP contribution in [0.5, 0.6) is 0 Å². The molecule has 0 fully saturated rings. The Bertz CT molecular complexity index is 1110. The SMILES string of the molecule is CNc1cc2c(c(-c3ccccc3Cl)c1)CCN(C(=O)C(F)(F)F)C2.Cc1ccc(Cl)cc1. The summed E-state index contributed by atoms with van der Waals surface area (Å²) in [5, 5.41) is 4.39. The van der Waals surface area contributed by atoms with Crippen molar-refractivity contribution >= 4 is 34.8 Å². The number of anilines is 1. The molecule has 1 amide bonds. The molecule has 0 aromatic heterocycles. The van der Waals surface area contributed by atoms with Gasteiger partial charge in [-0.2, -0.15) is 13.2 Å². The van der Waals surface area contributed by atoms with E-state index in [4.69, 9.17) is 23.2 Å². The van der Waals surface area contributed by atoms with E-state index in [2.05, 4.69) is 5.32 Å². The van der Waals surface area contributed by atoms with Crippen LogP contribution in [0.15, 0.2) is 60.7 Å². The molecule has 0 unspecified atom stereocenters. The van der Waals surface area contributed by atoms with Crippen LogP contribution in [0.4, 0.5) is 18.9 Å². The Kier molecular flexibility index (Phi) is 7.92. The van der Waals surface area contributed by atoms with Gasteiger partial charge < -0.3 is 10.2 Å². The summed E-state index contributed by atoms with van der Waals surface area (Å²) in [7, 11) is 1.74. The second-order valence-electron chi connectivity index (χ2n) is 7.66. The smallest absolute Gasteiger partial charge is 0.388 e. The molecule has 174 valence electrons. The lowest BCUT2D eigenvalue weighted by Gasteiger charge is -2.31. The summed E-state index contributed by atoms with van der Waals surface area (Å²) < 4.78 is 38.2. The maximum atomic E-state index is 12.7. The lowest BCUT2D eigenvalue weighted by molar-refractivity contribution is -0.186. The van der Waals surface area contributed by atoms with Crippen LogP contribution < -0.4 is 5.32 Å². The van der Waals surface area contributed by atoms with Crippen molar-refractivity contribution in [2.75, 3.05) is 18.9 Å². The maximum absolute atomic E-state index is 12.7. The molecule has 3 nitrogen and oxygen atoms in total. The topological polar surface area (TPSA) is 32.3 Å². The van der Waals surface area contributed by atoms with Gasteiger partial charge in [-0.1, -0.05) is 59.1 Å². The molecule has 33 heavy (non-hydrogen) atoms. The highest BCUT2D eigenvalue weighted by atomic mass is 35.5. The van der Waals surface area contributed by atoms with Crippen molar-refractivity contribution in [3.63, 3.8) is 0 Å². The van der Waals surface area contributed by atoms with Crippen LogP contribution in [0.2, 0.25) is 10.0 Å². The van der Waals surface area contributed by atoms with Crippen molar-refractivity contribution in [2.45, 2.75) is 26.1 Å². The summed E-state index contributed by atoms with van der Waals surface area (Å²) in [6, 6.07) is 18.8. The Balaban J connectivity index is 0.000000323. The van der Waals surface area contributed by atoms with Gasteiger partial charge in [-0.15, -0.1) is 0 Å². The molecular formula is C25H23Cl2F3N2O. The third-order valence-corrected chi connectivity index (χ3v) is 5.91. The first-order chi connectivity index (χ1) is 15.6. The van der Waals surface area contributed by atoms with Gasteiger partial charge in [0.25, 0.3) is 0 Å². The van der Waals surface area contributed by atoms with Crippen LogP contribution in [0.1, 0.15) is 16.7 Å². The monoisotopic (exact) mass is 494 g/mol. The molecule has 0 aliphatic carbocycles. The van der Waals surface area contributed by atoms with E-state index in [0.717, 1.165) is 32.3 Å². The first kappa shape index (κ1) is 24.9. The van der Waals surface area contributed by atoms with Crippen molar-refractivity contribution in [1.82, 2.24) is 4.90 Å². The number of halogens is 5. The number of carbonyl (C=O) groups is 1. The Labute approximate surface area is 201 Å². The number of hydrogen-bond donors (Lipinski definition) is 1. The third kappa shape index (κ3) is 6.21. The lowest BCUT2D eigenvalue weighted by Crippen LogP contribution is -2.43. The molecule has 3 aromatic carbocycles. The molecule has 0 spiro atoms. The molecule has 3 aromatic rings. The van der Waals surface area contributed by atoms with Crippen LogP contribution in [-0.2, 0) is 17.8 Å². The molecular weight excluding hydrogens is 472 g/mol. The highest BCUT2D eigenvalue weighted by Gasteiger charge is 2.43. The molecule has 0 bridgehead atoms. The molecule has 8 heteroatoms. The fraction of sp³-hybridized carbons (Fsp3) is 0.240. The molecule has 0 atom stereocenters. The van der Waals surface area contributed by atoms with Crippen LogP contribution in [-0.4, -0.2) is 30.6 Å². The van der Waals surface area contributed by atoms with Crippen molar-refractivity contribution < 1.29 is 18.0 Å². The van der Waals surface area contributed by atoms with Crippen LogP contribution >= 0.6 is 23.2 Å². The largest absolute Gasteiger partial charge is 0.471 e. The Hall–Kier alpha value is -2.70. The minimum atomic E-state index is -4.86. The second-order valence-corrected chi connectivity index (χ2v) is 8.51. The van der Waals surface area contributed by atoms with Gasteiger partial charge in [0.05, 0.1) is 0 Å². The second kappa shape index (κ2) is 10.5. The minimum absolute atomic E-state index is 0.0295. The summed E-state index contributed by atoms with van der Waals surface area (Å²) in [6.07, 6.45) is -4.51. The average molecular weight is 495 g/mol. The molecule has 0 radical (unpaired) electrons. The van der Waals surface area contributed by atoms with E-state index < -0.39 is 12.1 Å². The number of fused-ring (bicyclic) bond motifs is 1. The Morgan fingerprint density at radius 3 is 2.24 bits per heavy atom. The number of nitrogens with zero attached hydrogens (tertiary/aromatic N) is 1. The van der Waals surface area contributed by atoms with Gasteiger partial charge in [-0.3, -0.25) is 4.79 Å². The van der Waals surface area contributed by atoms with Gasteiger partial charge >= 0.3 is 12.1 Å². The summed E-state index contributed by atoms with van der Waals surface area (Å²) in [4.78, 5) is 12.4. The van der Waals surface area contributed by atoms with Crippen molar-refractivity contribution in [3.05, 3.63) is 87.4 Å². The van der Waals surface area contributed by atoms with Crippen molar-refractivity contribution in [1.29, 1.82) is 0 Å². The highest BCUT2D eigenvalue weighted by Crippen LogP contribution is 2.37. The number of aryl methyl sites for hydroxylation is 1. The van der Waals surface area contributed by atoms with Gasteiger partial charge in [0, 0.05) is 41.4 Å². The van der Waals surface area contributed by atoms with Crippen LogP contribution in [0, 0.1) is 6.92 Å². The number of alkyl halides is 3. The number of hydrogen-bond acceptors (Lipinski definition) is 2. The predicted molar refractivity (Wildman–Crippen MR) is 128 cm³/mol. The third-order valence-electron chi connectivity index (χ3n) is 5.33. The first-order valence-corrected chi connectivity index (χ1v) is 11.0. The molecule has 1 aliphatic rings. The standard InChI is InChI=1S/C18H16ClF3N2O.C7H7Cl/c1-23-12-8-11-10-24(17(25)18(20,21)22)7-6-13(11)15(9-12)14-4-2-3-5-16(14)19;1-6-2-4-7(8)5-3-6/h2-5,8-9,23H,6-7,10H2,1H3;2-5H,1H3. The van der Waals surface area contributed by atoms with Gasteiger partial charge in [0.2, 0.25) is 0 Å². The normalized spacial score (nSPS) is 13.0.